The summed E-state index contributed by atoms with van der Waals surface area (Å²) in [5.41, 5.74) is 0.355. The topological polar surface area (TPSA) is 44.7 Å². The third kappa shape index (κ3) is 4.79. The minimum atomic E-state index is -4.76. The van der Waals surface area contributed by atoms with Crippen molar-refractivity contribution in [2.45, 2.75) is 12.4 Å². The number of phenolic OH excluding ortho intramolecular Hbond substituents is 1. The number of halogens is 4. The Labute approximate surface area is 133 Å². The predicted octanol–water partition coefficient (Wildman–Crippen LogP) is 2.84. The van der Waals surface area contributed by atoms with Crippen LogP contribution in [0.5, 0.6) is 11.5 Å². The summed E-state index contributed by atoms with van der Waals surface area (Å²) >= 11 is 0. The Kier molecular flexibility index (Phi) is 6.52. The Balaban J connectivity index is 0.00000242. The van der Waals surface area contributed by atoms with E-state index in [0.29, 0.717) is 5.56 Å². The summed E-state index contributed by atoms with van der Waals surface area (Å²) in [6, 6.07) is 3.14. The van der Waals surface area contributed by atoms with E-state index >= 15 is 0 Å². The molecule has 0 radical (unpaired) electrons. The Morgan fingerprint density at radius 1 is 1.32 bits per heavy atom. The number of benzene rings is 1. The highest BCUT2D eigenvalue weighted by molar-refractivity contribution is 5.85. The smallest absolute Gasteiger partial charge is 0.508 e. The van der Waals surface area contributed by atoms with Gasteiger partial charge in [0.2, 0.25) is 0 Å². The lowest BCUT2D eigenvalue weighted by Gasteiger charge is -2.33. The fourth-order valence-electron chi connectivity index (χ4n) is 2.40. The number of ether oxygens (including phenoxy) is 1. The number of nitrogens with one attached hydrogen (secondary N) is 1. The zero-order valence-electron chi connectivity index (χ0n) is 11.8. The third-order valence-electron chi connectivity index (χ3n) is 3.32. The number of nitrogens with zero attached hydrogens (tertiary/aromatic N) is 1. The summed E-state index contributed by atoms with van der Waals surface area (Å²) in [6.07, 6.45) is -3.15. The summed E-state index contributed by atoms with van der Waals surface area (Å²) in [5.74, 6) is -0.426. The molecular formula is C14H18ClF3N2O2. The molecule has 1 aliphatic rings. The van der Waals surface area contributed by atoms with Gasteiger partial charge in [0.05, 0.1) is 6.04 Å². The molecule has 0 spiro atoms. The summed E-state index contributed by atoms with van der Waals surface area (Å²) in [5, 5.41) is 13.1. The molecule has 1 aromatic carbocycles. The largest absolute Gasteiger partial charge is 0.573 e. The van der Waals surface area contributed by atoms with Gasteiger partial charge in [-0.2, -0.15) is 0 Å². The van der Waals surface area contributed by atoms with Crippen molar-refractivity contribution in [1.29, 1.82) is 0 Å². The van der Waals surface area contributed by atoms with Crippen molar-refractivity contribution in [2.24, 2.45) is 0 Å². The zero-order chi connectivity index (χ0) is 15.5. The summed E-state index contributed by atoms with van der Waals surface area (Å²) in [4.78, 5) is 2.04. The molecule has 0 unspecified atom stereocenters. The summed E-state index contributed by atoms with van der Waals surface area (Å²) in [6.45, 7) is 6.73. The first kappa shape index (κ1) is 18.6. The van der Waals surface area contributed by atoms with Crippen molar-refractivity contribution >= 4 is 12.4 Å². The van der Waals surface area contributed by atoms with E-state index in [9.17, 15) is 18.3 Å². The van der Waals surface area contributed by atoms with Gasteiger partial charge in [-0.05, 0) is 18.2 Å². The van der Waals surface area contributed by atoms with Gasteiger partial charge in [-0.25, -0.2) is 0 Å². The van der Waals surface area contributed by atoms with E-state index in [0.717, 1.165) is 32.2 Å². The van der Waals surface area contributed by atoms with Crippen LogP contribution in [-0.4, -0.2) is 42.5 Å². The number of hydrogen-bond acceptors (Lipinski definition) is 4. The predicted molar refractivity (Wildman–Crippen MR) is 79.4 cm³/mol. The second-order valence-electron chi connectivity index (χ2n) is 4.73. The molecule has 8 heteroatoms. The van der Waals surface area contributed by atoms with E-state index in [4.69, 9.17) is 0 Å². The number of piperazine rings is 1. The minimum absolute atomic E-state index is 0. The van der Waals surface area contributed by atoms with Crippen molar-refractivity contribution in [2.75, 3.05) is 26.2 Å². The SMILES string of the molecule is C=C[C@@H](c1cc(OC(F)(F)F)ccc1O)N1CCNCC1.Cl. The van der Waals surface area contributed by atoms with Crippen molar-refractivity contribution in [3.05, 3.63) is 36.4 Å². The van der Waals surface area contributed by atoms with Crippen LogP contribution in [0.2, 0.25) is 0 Å². The van der Waals surface area contributed by atoms with Crippen molar-refractivity contribution < 1.29 is 23.0 Å². The van der Waals surface area contributed by atoms with E-state index in [1.807, 2.05) is 4.90 Å². The van der Waals surface area contributed by atoms with Crippen molar-refractivity contribution in [1.82, 2.24) is 10.2 Å². The Morgan fingerprint density at radius 3 is 2.50 bits per heavy atom. The molecule has 2 rings (SSSR count). The molecule has 1 heterocycles. The molecule has 0 aliphatic carbocycles. The third-order valence-corrected chi connectivity index (χ3v) is 3.32. The fourth-order valence-corrected chi connectivity index (χ4v) is 2.40. The molecular weight excluding hydrogens is 321 g/mol. The van der Waals surface area contributed by atoms with E-state index in [1.165, 1.54) is 12.1 Å². The molecule has 1 fully saturated rings. The number of alkyl halides is 3. The molecule has 1 aliphatic heterocycles. The highest BCUT2D eigenvalue weighted by Crippen LogP contribution is 2.34. The van der Waals surface area contributed by atoms with E-state index < -0.39 is 6.36 Å². The molecule has 124 valence electrons. The maximum absolute atomic E-state index is 12.3. The maximum Gasteiger partial charge on any atom is 0.573 e. The van der Waals surface area contributed by atoms with Crippen molar-refractivity contribution in [3.63, 3.8) is 0 Å². The lowest BCUT2D eigenvalue weighted by atomic mass is 10.0. The molecule has 4 nitrogen and oxygen atoms in total. The first-order valence-electron chi connectivity index (χ1n) is 6.56. The molecule has 0 amide bonds. The second kappa shape index (κ2) is 7.71. The lowest BCUT2D eigenvalue weighted by molar-refractivity contribution is -0.274. The van der Waals surface area contributed by atoms with Gasteiger partial charge in [0.1, 0.15) is 11.5 Å². The van der Waals surface area contributed by atoms with Crippen LogP contribution in [0, 0.1) is 0 Å². The normalized spacial score (nSPS) is 17.4. The molecule has 2 N–H and O–H groups in total. The summed E-state index contributed by atoms with van der Waals surface area (Å²) in [7, 11) is 0. The minimum Gasteiger partial charge on any atom is -0.508 e. The lowest BCUT2D eigenvalue weighted by Crippen LogP contribution is -2.44. The van der Waals surface area contributed by atoms with Crippen LogP contribution < -0.4 is 10.1 Å². The van der Waals surface area contributed by atoms with Crippen LogP contribution >= 0.6 is 12.4 Å². The van der Waals surface area contributed by atoms with Crippen LogP contribution in [-0.2, 0) is 0 Å². The molecule has 0 saturated carbocycles. The van der Waals surface area contributed by atoms with Gasteiger partial charge in [-0.15, -0.1) is 32.2 Å². The van der Waals surface area contributed by atoms with Crippen LogP contribution in [0.4, 0.5) is 13.2 Å². The zero-order valence-corrected chi connectivity index (χ0v) is 12.6. The van der Waals surface area contributed by atoms with Crippen LogP contribution in [0.3, 0.4) is 0 Å². The molecule has 0 bridgehead atoms. The van der Waals surface area contributed by atoms with Crippen molar-refractivity contribution in [3.8, 4) is 11.5 Å². The van der Waals surface area contributed by atoms with E-state index in [2.05, 4.69) is 16.6 Å². The molecule has 1 aromatic rings. The second-order valence-corrected chi connectivity index (χ2v) is 4.73. The van der Waals surface area contributed by atoms with Gasteiger partial charge in [-0.1, -0.05) is 6.08 Å². The number of aromatic hydroxyl groups is 1. The summed E-state index contributed by atoms with van der Waals surface area (Å²) < 4.78 is 40.8. The van der Waals surface area contributed by atoms with E-state index in [1.54, 1.807) is 6.08 Å². The Morgan fingerprint density at radius 2 is 1.95 bits per heavy atom. The molecule has 1 saturated heterocycles. The highest BCUT2D eigenvalue weighted by atomic mass is 35.5. The van der Waals surface area contributed by atoms with Crippen LogP contribution in [0.1, 0.15) is 11.6 Å². The maximum atomic E-state index is 12.3. The van der Waals surface area contributed by atoms with E-state index in [-0.39, 0.29) is 29.9 Å². The molecule has 1 atom stereocenters. The van der Waals surface area contributed by atoms with Gasteiger partial charge in [-0.3, -0.25) is 4.90 Å². The van der Waals surface area contributed by atoms with Crippen LogP contribution in [0.25, 0.3) is 0 Å². The van der Waals surface area contributed by atoms with Crippen LogP contribution in [0.15, 0.2) is 30.9 Å². The first-order chi connectivity index (χ1) is 9.90. The first-order valence-corrected chi connectivity index (χ1v) is 6.56. The molecule has 0 aromatic heterocycles. The Bertz CT molecular complexity index is 505. The quantitative estimate of drug-likeness (QED) is 0.829. The number of phenols is 1. The number of hydrogen-bond donors (Lipinski definition) is 2. The standard InChI is InChI=1S/C14H17F3N2O2.ClH/c1-2-12(19-7-5-18-6-8-19)11-9-10(3-4-13(11)20)21-14(15,16)17;/h2-4,9,12,18,20H,1,5-8H2;1H/t12-;/m0./s1. The van der Waals surface area contributed by atoms with Gasteiger partial charge < -0.3 is 15.2 Å². The average molecular weight is 339 g/mol. The van der Waals surface area contributed by atoms with Gasteiger partial charge in [0.25, 0.3) is 0 Å². The van der Waals surface area contributed by atoms with Gasteiger partial charge >= 0.3 is 6.36 Å². The average Bonchev–Trinajstić information content (AvgIpc) is 2.43. The molecule has 22 heavy (non-hydrogen) atoms. The van der Waals surface area contributed by atoms with Gasteiger partial charge in [0.15, 0.2) is 0 Å². The van der Waals surface area contributed by atoms with Gasteiger partial charge in [0, 0.05) is 31.7 Å². The Hall–Kier alpha value is -1.44. The highest BCUT2D eigenvalue weighted by Gasteiger charge is 2.32. The number of rotatable bonds is 4. The monoisotopic (exact) mass is 338 g/mol. The fraction of sp³-hybridized carbons (Fsp3) is 0.429.